The average molecular weight is 718 g/mol. The highest BCUT2D eigenvalue weighted by molar-refractivity contribution is 5.84. The van der Waals surface area contributed by atoms with Crippen LogP contribution in [0.5, 0.6) is 0 Å². The van der Waals surface area contributed by atoms with Crippen LogP contribution in [0, 0.1) is 56.7 Å². The Morgan fingerprint density at radius 2 is 1.63 bits per heavy atom. The van der Waals surface area contributed by atoms with Gasteiger partial charge in [0.2, 0.25) is 5.91 Å². The Morgan fingerprint density at radius 1 is 0.941 bits per heavy atom. The molecule has 2 amide bonds. The van der Waals surface area contributed by atoms with Crippen LogP contribution in [0.15, 0.2) is 0 Å². The summed E-state index contributed by atoms with van der Waals surface area (Å²) in [5.74, 6) is 0.476. The predicted octanol–water partition coefficient (Wildman–Crippen LogP) is 4.35. The van der Waals surface area contributed by atoms with Crippen molar-refractivity contribution in [2.24, 2.45) is 56.7 Å². The van der Waals surface area contributed by atoms with Crippen molar-refractivity contribution in [1.29, 1.82) is 0 Å². The molecule has 51 heavy (non-hydrogen) atoms. The maximum Gasteiger partial charge on any atom is 0.338 e. The number of nitrogens with one attached hydrogen (secondary N) is 1. The fraction of sp³-hybridized carbons (Fsp3) is 0.927. The van der Waals surface area contributed by atoms with Gasteiger partial charge >= 0.3 is 11.9 Å². The largest absolute Gasteiger partial charge is 0.469 e. The van der Waals surface area contributed by atoms with E-state index >= 15 is 0 Å². The second kappa shape index (κ2) is 13.6. The maximum absolute atomic E-state index is 13.9. The molecule has 6 saturated carbocycles. The number of aliphatic hydroxyl groups excluding tert-OH is 4. The van der Waals surface area contributed by atoms with E-state index in [0.717, 1.165) is 70.6 Å². The van der Waals surface area contributed by atoms with E-state index in [-0.39, 0.29) is 92.0 Å². The molecule has 9 unspecified atom stereocenters. The quantitative estimate of drug-likeness (QED) is 0.156. The number of hydrogen-bond acceptors (Lipinski definition) is 8. The van der Waals surface area contributed by atoms with Gasteiger partial charge in [-0.25, -0.2) is 4.79 Å². The molecule has 290 valence electrons. The molecule has 0 spiro atoms. The van der Waals surface area contributed by atoms with Crippen LogP contribution in [-0.4, -0.2) is 101 Å². The predicted molar refractivity (Wildman–Crippen MR) is 193 cm³/mol. The molecule has 0 heterocycles. The minimum absolute atomic E-state index is 0.0191. The van der Waals surface area contributed by atoms with Crippen LogP contribution < -0.4 is 5.32 Å². The number of ether oxygens (including phenoxy) is 1. The Labute approximate surface area is 306 Å². The molecule has 0 aromatic heterocycles. The van der Waals surface area contributed by atoms with Gasteiger partial charge in [-0.05, 0) is 110 Å². The minimum atomic E-state index is -1.05. The molecule has 5 N–H and O–H groups in total. The van der Waals surface area contributed by atoms with Gasteiger partial charge in [-0.3, -0.25) is 14.1 Å². The summed E-state index contributed by atoms with van der Waals surface area (Å²) < 4.78 is 4.96. The van der Waals surface area contributed by atoms with Gasteiger partial charge in [-0.15, -0.1) is 0 Å². The van der Waals surface area contributed by atoms with Crippen LogP contribution in [-0.2, 0) is 19.1 Å². The number of nitrogens with zero attached hydrogens (tertiary/aromatic N) is 1. The number of quaternary nitrogens is 1. The molecule has 6 aliphatic rings. The normalized spacial score (nSPS) is 42.0. The summed E-state index contributed by atoms with van der Waals surface area (Å²) in [5, 5.41) is 47.6. The van der Waals surface area contributed by atoms with Gasteiger partial charge in [0, 0.05) is 17.3 Å². The van der Waals surface area contributed by atoms with Gasteiger partial charge in [0.05, 0.1) is 59.1 Å². The zero-order valence-electron chi connectivity index (χ0n) is 32.6. The molecule has 0 saturated heterocycles. The van der Waals surface area contributed by atoms with Crippen molar-refractivity contribution in [1.82, 2.24) is 5.32 Å². The van der Waals surface area contributed by atoms with Gasteiger partial charge in [0.1, 0.15) is 0 Å². The summed E-state index contributed by atoms with van der Waals surface area (Å²) >= 11 is 0. The third kappa shape index (κ3) is 6.32. The van der Waals surface area contributed by atoms with Gasteiger partial charge in [0.25, 0.3) is 0 Å². The highest BCUT2D eigenvalue weighted by Crippen LogP contribution is 2.85. The lowest BCUT2D eigenvalue weighted by Gasteiger charge is -2.65. The van der Waals surface area contributed by atoms with Crippen molar-refractivity contribution >= 4 is 17.8 Å². The highest BCUT2D eigenvalue weighted by Gasteiger charge is 2.81. The van der Waals surface area contributed by atoms with Crippen LogP contribution >= 0.6 is 0 Å². The number of likely N-dealkylation sites (N-methyl/N-ethyl adjacent to an activating group) is 1. The zero-order chi connectivity index (χ0) is 37.4. The van der Waals surface area contributed by atoms with E-state index < -0.39 is 24.9 Å². The third-order valence-electron chi connectivity index (χ3n) is 16.8. The van der Waals surface area contributed by atoms with E-state index in [1.807, 2.05) is 0 Å². The molecule has 10 nitrogen and oxygen atoms in total. The van der Waals surface area contributed by atoms with Crippen LogP contribution in [0.3, 0.4) is 0 Å². The first-order valence-corrected chi connectivity index (χ1v) is 20.2. The van der Waals surface area contributed by atoms with Crippen LogP contribution in [0.4, 0.5) is 0 Å². The van der Waals surface area contributed by atoms with Crippen molar-refractivity contribution in [3.05, 3.63) is 0 Å². The second-order valence-corrected chi connectivity index (χ2v) is 20.0. The molecule has 0 aromatic rings. The molecule has 6 aliphatic carbocycles. The lowest BCUT2D eigenvalue weighted by atomic mass is 9.41. The second-order valence-electron chi connectivity index (χ2n) is 20.0. The number of carbonyl (C=O) groups excluding carboxylic acids is 3. The van der Waals surface area contributed by atoms with Crippen molar-refractivity contribution in [3.63, 3.8) is 0 Å². The molecule has 0 bridgehead atoms. The van der Waals surface area contributed by atoms with Gasteiger partial charge in [0.15, 0.2) is 6.04 Å². The summed E-state index contributed by atoms with van der Waals surface area (Å²) in [6.45, 7) is 9.05. The Bertz CT molecular complexity index is 1340. The van der Waals surface area contributed by atoms with E-state index in [2.05, 4.69) is 33.0 Å². The third-order valence-corrected chi connectivity index (χ3v) is 16.8. The van der Waals surface area contributed by atoms with Crippen LogP contribution in [0.25, 0.3) is 0 Å². The molecule has 6 rings (SSSR count). The molecule has 10 heteroatoms. The summed E-state index contributed by atoms with van der Waals surface area (Å²) in [4.78, 5) is 39.8. The van der Waals surface area contributed by atoms with Crippen molar-refractivity contribution < 1.29 is 44.0 Å². The highest BCUT2D eigenvalue weighted by atomic mass is 16.5. The Hall–Kier alpha value is -1.59. The first-order valence-electron chi connectivity index (χ1n) is 20.2. The summed E-state index contributed by atoms with van der Waals surface area (Å²) in [7, 11) is 5.00. The molecular weight excluding hydrogens is 648 g/mol. The smallest absolute Gasteiger partial charge is 0.338 e. The monoisotopic (exact) mass is 718 g/mol. The van der Waals surface area contributed by atoms with E-state index in [0.29, 0.717) is 25.3 Å². The van der Waals surface area contributed by atoms with Crippen LogP contribution in [0.1, 0.15) is 124 Å². The van der Waals surface area contributed by atoms with E-state index in [1.54, 1.807) is 14.1 Å². The number of rotatable bonds is 11. The SMILES string of the molecule is COC(=O)CC1(C[N+](C)(C)C(=O)C(CO)NC(=O)CCC(C)(C)C23CC2CC2C4C(C[C@H](O)C23C)C2(C)CC[C@@H](O)CC2C[C@H]4O)CCCCC1. The molecular formula is C41H69N2O8+. The number of methoxy groups -OCH3 is 1. The molecule has 0 aromatic carbocycles. The lowest BCUT2D eigenvalue weighted by molar-refractivity contribution is -0.822. The first kappa shape index (κ1) is 39.1. The number of carbonyl (C=O) groups is 3. The van der Waals surface area contributed by atoms with Crippen molar-refractivity contribution in [2.45, 2.75) is 148 Å². The number of aliphatic hydroxyl groups is 4. The van der Waals surface area contributed by atoms with E-state index in [1.165, 1.54) is 7.11 Å². The van der Waals surface area contributed by atoms with Crippen LogP contribution in [0.2, 0.25) is 0 Å². The Balaban J connectivity index is 1.12. The minimum Gasteiger partial charge on any atom is -0.469 e. The number of amides is 2. The van der Waals surface area contributed by atoms with E-state index in [4.69, 9.17) is 4.74 Å². The average Bonchev–Trinajstić information content (AvgIpc) is 3.75. The Kier molecular flexibility index (Phi) is 10.4. The molecule has 0 aliphatic heterocycles. The Morgan fingerprint density at radius 3 is 2.27 bits per heavy atom. The topological polar surface area (TPSA) is 153 Å². The number of hydrogen-bond donors (Lipinski definition) is 5. The fourth-order valence-corrected chi connectivity index (χ4v) is 14.2. The number of esters is 1. The summed E-state index contributed by atoms with van der Waals surface area (Å²) in [5.41, 5.74) is -1.13. The number of fused-ring (bicyclic) bond motifs is 7. The summed E-state index contributed by atoms with van der Waals surface area (Å²) in [6, 6.07) is -1.05. The summed E-state index contributed by atoms with van der Waals surface area (Å²) in [6.07, 6.45) is 10.5. The van der Waals surface area contributed by atoms with Crippen molar-refractivity contribution in [3.8, 4) is 0 Å². The maximum atomic E-state index is 13.9. The zero-order valence-corrected chi connectivity index (χ0v) is 32.6. The van der Waals surface area contributed by atoms with E-state index in [9.17, 15) is 34.8 Å². The van der Waals surface area contributed by atoms with Crippen molar-refractivity contribution in [2.75, 3.05) is 34.4 Å². The molecule has 6 fully saturated rings. The molecule has 0 radical (unpaired) electrons. The van der Waals surface area contributed by atoms with Gasteiger partial charge in [-0.1, -0.05) is 47.0 Å². The standard InChI is InChI=1S/C41H68N2O8/c1-37(2,15-12-33(48)42-30(23-44)36(50)43(5,6)24-40(22-34(49)51-7)13-9-8-10-14-40)41-21-26(41)18-29-35-28(20-32(47)39(29,41)4)38(3)16-11-27(45)17-25(38)19-31(35)46/h25-32,35,44-47H,8-24H2,1-7H3/p+1/t25?,26?,27-,28?,29?,30?,31-,32+,35?,38?,39?,41?/m1/s1. The van der Waals surface area contributed by atoms with Gasteiger partial charge in [-0.2, -0.15) is 0 Å². The lowest BCUT2D eigenvalue weighted by Crippen LogP contribution is -2.64. The van der Waals surface area contributed by atoms with Gasteiger partial charge < -0.3 is 30.5 Å². The fourth-order valence-electron chi connectivity index (χ4n) is 14.2. The first-order chi connectivity index (χ1) is 23.8. The molecule has 12 atom stereocenters.